The molecule has 1 unspecified atom stereocenters. The number of aliphatic imine (C=N–C) groups is 1. The van der Waals surface area contributed by atoms with Gasteiger partial charge in [0, 0.05) is 47.1 Å². The minimum absolute atomic E-state index is 0.237. The number of hydrogen-bond acceptors (Lipinski definition) is 6. The van der Waals surface area contributed by atoms with Crippen LogP contribution in [0.15, 0.2) is 46.0 Å². The Hall–Kier alpha value is -2.09. The van der Waals surface area contributed by atoms with Gasteiger partial charge < -0.3 is 10.1 Å². The fourth-order valence-electron chi connectivity index (χ4n) is 2.25. The van der Waals surface area contributed by atoms with Crippen molar-refractivity contribution in [2.24, 2.45) is 4.99 Å². The summed E-state index contributed by atoms with van der Waals surface area (Å²) in [6, 6.07) is 3.49. The molecule has 3 rings (SSSR count). The van der Waals surface area contributed by atoms with E-state index in [0.717, 1.165) is 12.9 Å². The number of allylic oxidation sites excluding steroid dienone is 1. The number of benzene rings is 1. The summed E-state index contributed by atoms with van der Waals surface area (Å²) < 4.78 is 17.8. The van der Waals surface area contributed by atoms with E-state index in [2.05, 4.69) is 20.0 Å². The van der Waals surface area contributed by atoms with Crippen molar-refractivity contribution in [2.45, 2.75) is 19.9 Å². The maximum atomic E-state index is 13.2. The fourth-order valence-corrected chi connectivity index (χ4v) is 3.11. The van der Waals surface area contributed by atoms with Crippen LogP contribution in [0.1, 0.15) is 30.5 Å². The second kappa shape index (κ2) is 9.56. The molecule has 0 fully saturated rings. The monoisotopic (exact) mass is 395 g/mol. The highest BCUT2D eigenvalue weighted by atomic mass is 35.5. The topological polar surface area (TPSA) is 63.6 Å². The molecule has 0 aliphatic carbocycles. The highest BCUT2D eigenvalue weighted by Gasteiger charge is 2.26. The Morgan fingerprint density at radius 2 is 2.19 bits per heavy atom. The first-order chi connectivity index (χ1) is 12.5. The summed E-state index contributed by atoms with van der Waals surface area (Å²) >= 11 is 7.56. The maximum absolute atomic E-state index is 13.2. The lowest BCUT2D eigenvalue weighted by molar-refractivity contribution is -0.105. The zero-order valence-electron chi connectivity index (χ0n) is 14.6. The van der Waals surface area contributed by atoms with Crippen LogP contribution in [-0.2, 0) is 9.53 Å². The van der Waals surface area contributed by atoms with Gasteiger partial charge in [-0.1, -0.05) is 17.7 Å². The molecule has 1 N–H and O–H groups in total. The van der Waals surface area contributed by atoms with Gasteiger partial charge in [0.25, 0.3) is 0 Å². The number of halogens is 2. The number of ether oxygens (including phenoxy) is 1. The molecule has 0 saturated heterocycles. The van der Waals surface area contributed by atoms with Gasteiger partial charge in [-0.25, -0.2) is 9.37 Å². The quantitative estimate of drug-likeness (QED) is 0.790. The molecule has 1 aromatic heterocycles. The Labute approximate surface area is 160 Å². The van der Waals surface area contributed by atoms with Gasteiger partial charge >= 0.3 is 0 Å². The Balaban J connectivity index is 0.000000552. The highest BCUT2D eigenvalue weighted by molar-refractivity contribution is 7.11. The molecule has 0 amide bonds. The predicted molar refractivity (Wildman–Crippen MR) is 102 cm³/mol. The second-order valence-corrected chi connectivity index (χ2v) is 6.59. The number of nitrogens with one attached hydrogen (secondary N) is 1. The summed E-state index contributed by atoms with van der Waals surface area (Å²) in [5.41, 5.74) is 1.73. The van der Waals surface area contributed by atoms with E-state index in [1.54, 1.807) is 26.3 Å². The van der Waals surface area contributed by atoms with Crippen molar-refractivity contribution in [1.82, 2.24) is 10.3 Å². The number of aromatic nitrogens is 1. The zero-order chi connectivity index (χ0) is 19.1. The van der Waals surface area contributed by atoms with E-state index in [9.17, 15) is 9.18 Å². The Bertz CT molecular complexity index is 820. The third-order valence-electron chi connectivity index (χ3n) is 3.60. The number of hydrogen-bond donors (Lipinski definition) is 1. The molecule has 0 saturated carbocycles. The summed E-state index contributed by atoms with van der Waals surface area (Å²) in [4.78, 5) is 20.2. The van der Waals surface area contributed by atoms with Gasteiger partial charge in [0.1, 0.15) is 18.1 Å². The van der Waals surface area contributed by atoms with Crippen LogP contribution in [0.5, 0.6) is 0 Å². The van der Waals surface area contributed by atoms with Gasteiger partial charge in [-0.3, -0.25) is 9.79 Å². The van der Waals surface area contributed by atoms with Gasteiger partial charge in [0.15, 0.2) is 10.8 Å². The van der Waals surface area contributed by atoms with Crippen LogP contribution in [0.3, 0.4) is 0 Å². The molecule has 1 aromatic carbocycles. The Kier molecular flexibility index (Phi) is 7.44. The highest BCUT2D eigenvalue weighted by Crippen LogP contribution is 2.34. The molecule has 0 bridgehead atoms. The number of methoxy groups -OCH3 is 1. The van der Waals surface area contributed by atoms with Crippen molar-refractivity contribution in [3.63, 3.8) is 0 Å². The number of amidine groups is 1. The van der Waals surface area contributed by atoms with Crippen LogP contribution < -0.4 is 5.32 Å². The van der Waals surface area contributed by atoms with Crippen LogP contribution in [0.25, 0.3) is 0 Å². The zero-order valence-corrected chi connectivity index (χ0v) is 16.2. The molecule has 5 nitrogen and oxygen atoms in total. The summed E-state index contributed by atoms with van der Waals surface area (Å²) in [7, 11) is 1.68. The summed E-state index contributed by atoms with van der Waals surface area (Å²) in [5.74, 6) is 0.142. The molecule has 0 radical (unpaired) electrons. The van der Waals surface area contributed by atoms with E-state index >= 15 is 0 Å². The molecule has 2 aromatic rings. The molecular formula is C18H19ClFN3O2S. The molecule has 138 valence electrons. The van der Waals surface area contributed by atoms with Crippen LogP contribution >= 0.6 is 22.9 Å². The van der Waals surface area contributed by atoms with E-state index in [-0.39, 0.29) is 5.02 Å². The summed E-state index contributed by atoms with van der Waals surface area (Å²) in [6.45, 7) is 4.57. The van der Waals surface area contributed by atoms with E-state index in [1.807, 2.05) is 12.3 Å². The van der Waals surface area contributed by atoms with Gasteiger partial charge in [-0.15, -0.1) is 11.3 Å². The van der Waals surface area contributed by atoms with Crippen molar-refractivity contribution in [1.29, 1.82) is 0 Å². The summed E-state index contributed by atoms with van der Waals surface area (Å²) in [6.07, 6.45) is 2.42. The molecule has 0 spiro atoms. The van der Waals surface area contributed by atoms with E-state index < -0.39 is 11.9 Å². The Morgan fingerprint density at radius 1 is 1.46 bits per heavy atom. The fraction of sp³-hybridized carbons (Fsp3) is 0.278. The van der Waals surface area contributed by atoms with Crippen molar-refractivity contribution in [3.05, 3.63) is 62.5 Å². The standard InChI is InChI=1S/C15H11ClFN3OS.C3H8O/c1-8-11(7-21)13(10-3-2-9(17)6-12(10)16)20-14(19-8)15-18-4-5-22-15;1-3-4-2/h2-7,13H,1H3,(H,19,20);3H2,1-2H3. The van der Waals surface area contributed by atoms with Gasteiger partial charge in [0.05, 0.1) is 0 Å². The lowest BCUT2D eigenvalue weighted by Gasteiger charge is -2.24. The van der Waals surface area contributed by atoms with Crippen LogP contribution in [0.2, 0.25) is 5.02 Å². The largest absolute Gasteiger partial charge is 0.385 e. The minimum Gasteiger partial charge on any atom is -0.385 e. The van der Waals surface area contributed by atoms with E-state index in [0.29, 0.717) is 27.7 Å². The molecule has 26 heavy (non-hydrogen) atoms. The normalized spacial score (nSPS) is 16.3. The van der Waals surface area contributed by atoms with Gasteiger partial charge in [-0.05, 0) is 26.0 Å². The average molecular weight is 396 g/mol. The van der Waals surface area contributed by atoms with Gasteiger partial charge in [-0.2, -0.15) is 0 Å². The minimum atomic E-state index is -0.578. The van der Waals surface area contributed by atoms with Crippen molar-refractivity contribution >= 4 is 35.1 Å². The molecule has 1 aliphatic rings. The molecule has 1 aliphatic heterocycles. The van der Waals surface area contributed by atoms with E-state index in [1.165, 1.54) is 23.5 Å². The van der Waals surface area contributed by atoms with Crippen LogP contribution in [-0.4, -0.2) is 30.8 Å². The number of aldehydes is 1. The number of nitrogens with zero attached hydrogens (tertiary/aromatic N) is 2. The molecule has 2 heterocycles. The molecular weight excluding hydrogens is 377 g/mol. The van der Waals surface area contributed by atoms with Crippen molar-refractivity contribution < 1.29 is 13.9 Å². The number of carbonyl (C=O) groups excluding carboxylic acids is 1. The maximum Gasteiger partial charge on any atom is 0.163 e. The lowest BCUT2D eigenvalue weighted by Crippen LogP contribution is -2.30. The average Bonchev–Trinajstić information content (AvgIpc) is 3.16. The van der Waals surface area contributed by atoms with Crippen LogP contribution in [0.4, 0.5) is 4.39 Å². The van der Waals surface area contributed by atoms with Crippen LogP contribution in [0, 0.1) is 5.82 Å². The number of thiazole rings is 1. The smallest absolute Gasteiger partial charge is 0.163 e. The molecule has 1 atom stereocenters. The van der Waals surface area contributed by atoms with Gasteiger partial charge in [0.2, 0.25) is 0 Å². The third kappa shape index (κ3) is 4.75. The number of rotatable bonds is 4. The first kappa shape index (κ1) is 20.2. The Morgan fingerprint density at radius 3 is 2.73 bits per heavy atom. The second-order valence-electron chi connectivity index (χ2n) is 5.28. The summed E-state index contributed by atoms with van der Waals surface area (Å²) in [5, 5.41) is 5.87. The SMILES string of the molecule is CC1=C(C=O)C(c2ccc(F)cc2Cl)N=C(c2nccs2)N1.CCOC. The van der Waals surface area contributed by atoms with E-state index in [4.69, 9.17) is 11.6 Å². The first-order valence-electron chi connectivity index (χ1n) is 7.86. The third-order valence-corrected chi connectivity index (χ3v) is 4.71. The predicted octanol–water partition coefficient (Wildman–Crippen LogP) is 4.15. The first-order valence-corrected chi connectivity index (χ1v) is 9.12. The lowest BCUT2D eigenvalue weighted by atomic mass is 9.97. The van der Waals surface area contributed by atoms with Crippen molar-refractivity contribution in [3.8, 4) is 0 Å². The number of carbonyl (C=O) groups is 1. The molecule has 8 heteroatoms. The van der Waals surface area contributed by atoms with Crippen molar-refractivity contribution in [2.75, 3.05) is 13.7 Å².